The molecule has 178 valence electrons. The van der Waals surface area contributed by atoms with Crippen LogP contribution in [0.2, 0.25) is 0 Å². The van der Waals surface area contributed by atoms with E-state index in [2.05, 4.69) is 5.32 Å². The second kappa shape index (κ2) is 9.92. The third-order valence-electron chi connectivity index (χ3n) is 6.09. The number of rotatable bonds is 8. The molecule has 2 aliphatic rings. The van der Waals surface area contributed by atoms with Crippen molar-refractivity contribution in [1.82, 2.24) is 8.61 Å². The number of hydrogen-bond donors (Lipinski definition) is 1. The summed E-state index contributed by atoms with van der Waals surface area (Å²) in [4.78, 5) is 12.9. The quantitative estimate of drug-likeness (QED) is 0.612. The fourth-order valence-corrected chi connectivity index (χ4v) is 7.28. The molecule has 1 amide bonds. The zero-order valence-electron chi connectivity index (χ0n) is 18.4. The Balaban J connectivity index is 1.34. The number of carbonyl (C=O) groups excluding carboxylic acids is 1. The lowest BCUT2D eigenvalue weighted by Gasteiger charge is -2.16. The molecule has 0 saturated carbocycles. The number of aryl methyl sites for hydroxylation is 1. The number of benzene rings is 2. The number of sulfonamides is 2. The third kappa shape index (κ3) is 5.46. The van der Waals surface area contributed by atoms with Gasteiger partial charge in [-0.15, -0.1) is 0 Å². The minimum Gasteiger partial charge on any atom is -0.326 e. The van der Waals surface area contributed by atoms with Gasteiger partial charge in [0.1, 0.15) is 0 Å². The summed E-state index contributed by atoms with van der Waals surface area (Å²) in [5.41, 5.74) is 1.29. The van der Waals surface area contributed by atoms with Crippen LogP contribution < -0.4 is 5.32 Å². The van der Waals surface area contributed by atoms with E-state index in [0.717, 1.165) is 31.2 Å². The van der Waals surface area contributed by atoms with E-state index < -0.39 is 20.0 Å². The highest BCUT2D eigenvalue weighted by molar-refractivity contribution is 7.89. The van der Waals surface area contributed by atoms with Gasteiger partial charge >= 0.3 is 0 Å². The summed E-state index contributed by atoms with van der Waals surface area (Å²) in [7, 11) is -6.99. The van der Waals surface area contributed by atoms with Crippen LogP contribution in [0.4, 0.5) is 5.69 Å². The summed E-state index contributed by atoms with van der Waals surface area (Å²) in [6.07, 6.45) is 4.14. The smallest absolute Gasteiger partial charge is 0.243 e. The molecule has 2 heterocycles. The van der Waals surface area contributed by atoms with Crippen molar-refractivity contribution in [2.24, 2.45) is 0 Å². The molecule has 0 bridgehead atoms. The lowest BCUT2D eigenvalue weighted by molar-refractivity contribution is -0.116. The Labute approximate surface area is 195 Å². The fraction of sp³-hybridized carbons (Fsp3) is 0.435. The molecule has 2 aliphatic heterocycles. The van der Waals surface area contributed by atoms with Crippen molar-refractivity contribution in [3.63, 3.8) is 0 Å². The van der Waals surface area contributed by atoms with Crippen molar-refractivity contribution < 1.29 is 21.6 Å². The number of carbonyl (C=O) groups is 1. The molecule has 0 aliphatic carbocycles. The molecule has 2 aromatic carbocycles. The van der Waals surface area contributed by atoms with Crippen molar-refractivity contribution in [3.05, 3.63) is 54.1 Å². The van der Waals surface area contributed by atoms with Crippen LogP contribution in [0.25, 0.3) is 0 Å². The molecule has 2 fully saturated rings. The van der Waals surface area contributed by atoms with E-state index in [1.54, 1.807) is 42.5 Å². The van der Waals surface area contributed by atoms with Crippen molar-refractivity contribution in [1.29, 1.82) is 0 Å². The van der Waals surface area contributed by atoms with E-state index in [-0.39, 0.29) is 22.1 Å². The highest BCUT2D eigenvalue weighted by Gasteiger charge is 2.28. The van der Waals surface area contributed by atoms with E-state index >= 15 is 0 Å². The maximum Gasteiger partial charge on any atom is 0.243 e. The van der Waals surface area contributed by atoms with Gasteiger partial charge in [0.05, 0.1) is 9.79 Å². The Morgan fingerprint density at radius 2 is 1.30 bits per heavy atom. The van der Waals surface area contributed by atoms with Crippen LogP contribution in [-0.4, -0.2) is 57.5 Å². The molecule has 2 saturated heterocycles. The molecule has 33 heavy (non-hydrogen) atoms. The number of nitrogens with zero attached hydrogens (tertiary/aromatic N) is 2. The summed E-state index contributed by atoms with van der Waals surface area (Å²) in [5, 5.41) is 2.76. The molecule has 0 aromatic heterocycles. The standard InChI is InChI=1S/C23H29N3O5S2/c27-23(24-20-6-5-7-22(18-20)33(30,31)26-16-3-4-17-26)13-10-19-8-11-21(12-9-19)32(28,29)25-14-1-2-15-25/h5-9,11-12,18H,1-4,10,13-17H2,(H,24,27). The van der Waals surface area contributed by atoms with Gasteiger partial charge in [-0.05, 0) is 68.0 Å². The maximum atomic E-state index is 12.7. The largest absolute Gasteiger partial charge is 0.326 e. The molecule has 8 nitrogen and oxygen atoms in total. The van der Waals surface area contributed by atoms with Crippen molar-refractivity contribution >= 4 is 31.6 Å². The molecular formula is C23H29N3O5S2. The summed E-state index contributed by atoms with van der Waals surface area (Å²) < 4.78 is 53.7. The summed E-state index contributed by atoms with van der Waals surface area (Å²) in [5.74, 6) is -0.237. The van der Waals surface area contributed by atoms with E-state index in [9.17, 15) is 21.6 Å². The zero-order valence-corrected chi connectivity index (χ0v) is 20.1. The monoisotopic (exact) mass is 491 g/mol. The van der Waals surface area contributed by atoms with Gasteiger partial charge in [-0.25, -0.2) is 16.8 Å². The first-order valence-electron chi connectivity index (χ1n) is 11.3. The topological polar surface area (TPSA) is 104 Å². The average Bonchev–Trinajstić information content (AvgIpc) is 3.53. The SMILES string of the molecule is O=C(CCc1ccc(S(=O)(=O)N2CCCC2)cc1)Nc1cccc(S(=O)(=O)N2CCCC2)c1. The fourth-order valence-electron chi connectivity index (χ4n) is 4.20. The number of nitrogens with one attached hydrogen (secondary N) is 1. The average molecular weight is 492 g/mol. The molecule has 0 unspecified atom stereocenters. The molecule has 10 heteroatoms. The van der Waals surface area contributed by atoms with E-state index in [1.165, 1.54) is 14.7 Å². The highest BCUT2D eigenvalue weighted by Crippen LogP contribution is 2.24. The number of amides is 1. The second-order valence-electron chi connectivity index (χ2n) is 8.44. The summed E-state index contributed by atoms with van der Waals surface area (Å²) in [6.45, 7) is 2.17. The first-order chi connectivity index (χ1) is 15.8. The molecule has 0 radical (unpaired) electrons. The van der Waals surface area contributed by atoms with Crippen LogP contribution in [0, 0.1) is 0 Å². The van der Waals surface area contributed by atoms with Gasteiger partial charge in [-0.2, -0.15) is 8.61 Å². The Bertz CT molecular complexity index is 1200. The number of anilines is 1. The van der Waals surface area contributed by atoms with E-state index in [0.29, 0.717) is 38.3 Å². The first-order valence-corrected chi connectivity index (χ1v) is 14.1. The normalized spacial score (nSPS) is 17.9. The molecule has 4 rings (SSSR count). The van der Waals surface area contributed by atoms with Gasteiger partial charge in [-0.3, -0.25) is 4.79 Å². The zero-order chi connectivity index (χ0) is 23.5. The molecule has 0 atom stereocenters. The maximum absolute atomic E-state index is 12.7. The van der Waals surface area contributed by atoms with Gasteiger partial charge in [0.2, 0.25) is 26.0 Å². The Morgan fingerprint density at radius 1 is 0.758 bits per heavy atom. The first kappa shape index (κ1) is 23.9. The van der Waals surface area contributed by atoms with Crippen molar-refractivity contribution in [2.75, 3.05) is 31.5 Å². The Morgan fingerprint density at radius 3 is 1.88 bits per heavy atom. The van der Waals surface area contributed by atoms with Crippen molar-refractivity contribution in [2.45, 2.75) is 48.3 Å². The van der Waals surface area contributed by atoms with Crippen LogP contribution in [0.5, 0.6) is 0 Å². The lowest BCUT2D eigenvalue weighted by Crippen LogP contribution is -2.28. The predicted molar refractivity (Wildman–Crippen MR) is 126 cm³/mol. The van der Waals surface area contributed by atoms with Crippen LogP contribution in [0.3, 0.4) is 0 Å². The Hall–Kier alpha value is -2.27. The third-order valence-corrected chi connectivity index (χ3v) is 9.90. The Kier molecular flexibility index (Phi) is 7.18. The van der Waals surface area contributed by atoms with Gasteiger partial charge in [0.25, 0.3) is 0 Å². The van der Waals surface area contributed by atoms with Crippen LogP contribution in [-0.2, 0) is 31.3 Å². The highest BCUT2D eigenvalue weighted by atomic mass is 32.2. The lowest BCUT2D eigenvalue weighted by atomic mass is 10.1. The molecule has 2 aromatic rings. The van der Waals surface area contributed by atoms with Crippen molar-refractivity contribution in [3.8, 4) is 0 Å². The summed E-state index contributed by atoms with van der Waals surface area (Å²) >= 11 is 0. The number of hydrogen-bond acceptors (Lipinski definition) is 5. The molecular weight excluding hydrogens is 462 g/mol. The second-order valence-corrected chi connectivity index (χ2v) is 12.3. The van der Waals surface area contributed by atoms with Gasteiger partial charge < -0.3 is 5.32 Å². The minimum atomic E-state index is -3.55. The van der Waals surface area contributed by atoms with E-state index in [1.807, 2.05) is 0 Å². The minimum absolute atomic E-state index is 0.178. The predicted octanol–water partition coefficient (Wildman–Crippen LogP) is 2.83. The van der Waals surface area contributed by atoms with Crippen LogP contribution in [0.1, 0.15) is 37.7 Å². The summed E-state index contributed by atoms with van der Waals surface area (Å²) in [6, 6.07) is 13.0. The van der Waals surface area contributed by atoms with Gasteiger partial charge in [-0.1, -0.05) is 18.2 Å². The molecule has 0 spiro atoms. The molecule has 1 N–H and O–H groups in total. The van der Waals surface area contributed by atoms with Gasteiger partial charge in [0, 0.05) is 38.3 Å². The van der Waals surface area contributed by atoms with Crippen LogP contribution >= 0.6 is 0 Å². The van der Waals surface area contributed by atoms with Crippen LogP contribution in [0.15, 0.2) is 58.3 Å². The van der Waals surface area contributed by atoms with Gasteiger partial charge in [0.15, 0.2) is 0 Å². The van der Waals surface area contributed by atoms with E-state index in [4.69, 9.17) is 0 Å².